The molecule has 0 saturated heterocycles. The SMILES string of the molecule is O=C(O)CCc1ccc(-c2cccc(N(c3ccc(C(=O)O)c(O)c3)S(=O)O)c2)cc1. The van der Waals surface area contributed by atoms with Crippen LogP contribution in [0.4, 0.5) is 11.4 Å². The Balaban J connectivity index is 1.93. The van der Waals surface area contributed by atoms with Crippen molar-refractivity contribution in [3.8, 4) is 16.9 Å². The van der Waals surface area contributed by atoms with Crippen LogP contribution in [0.25, 0.3) is 11.1 Å². The summed E-state index contributed by atoms with van der Waals surface area (Å²) in [5.41, 5.74) is 2.65. The van der Waals surface area contributed by atoms with Gasteiger partial charge in [-0.2, -0.15) is 0 Å². The average molecular weight is 441 g/mol. The molecule has 3 aromatic rings. The van der Waals surface area contributed by atoms with Gasteiger partial charge in [-0.3, -0.25) is 9.35 Å². The highest BCUT2D eigenvalue weighted by Crippen LogP contribution is 2.33. The molecule has 0 bridgehead atoms. The van der Waals surface area contributed by atoms with Gasteiger partial charge < -0.3 is 15.3 Å². The Bertz CT molecular complexity index is 1140. The molecule has 0 aliphatic rings. The molecule has 0 aliphatic carbocycles. The standard InChI is InChI=1S/C22H19NO7S/c24-20-13-18(9-10-19(20)22(27)28)23(31(29)30)17-3-1-2-16(12-17)15-7-4-14(5-8-15)6-11-21(25)26/h1-5,7-10,12-13,24H,6,11H2,(H,25,26)(H,27,28)(H,29,30). The van der Waals surface area contributed by atoms with Crippen LogP contribution in [0, 0.1) is 0 Å². The molecule has 0 fully saturated rings. The van der Waals surface area contributed by atoms with Gasteiger partial charge in [0, 0.05) is 12.5 Å². The third-order valence-electron chi connectivity index (χ3n) is 4.60. The quantitative estimate of drug-likeness (QED) is 0.387. The summed E-state index contributed by atoms with van der Waals surface area (Å²) in [7, 11) is 0. The van der Waals surface area contributed by atoms with Gasteiger partial charge in [-0.25, -0.2) is 13.3 Å². The number of hydrogen-bond acceptors (Lipinski definition) is 4. The number of phenols is 1. The lowest BCUT2D eigenvalue weighted by molar-refractivity contribution is -0.136. The summed E-state index contributed by atoms with van der Waals surface area (Å²) in [6, 6.07) is 17.8. The first kappa shape index (κ1) is 22.0. The molecule has 160 valence electrons. The molecule has 0 aromatic heterocycles. The van der Waals surface area contributed by atoms with Crippen LogP contribution in [0.2, 0.25) is 0 Å². The molecule has 0 heterocycles. The zero-order valence-corrected chi connectivity index (χ0v) is 17.0. The lowest BCUT2D eigenvalue weighted by Gasteiger charge is -2.21. The molecule has 0 aliphatic heterocycles. The number of carbonyl (C=O) groups is 2. The van der Waals surface area contributed by atoms with Gasteiger partial charge in [-0.1, -0.05) is 36.4 Å². The van der Waals surface area contributed by atoms with E-state index in [-0.39, 0.29) is 17.7 Å². The number of aromatic carboxylic acids is 1. The largest absolute Gasteiger partial charge is 0.507 e. The lowest BCUT2D eigenvalue weighted by atomic mass is 10.0. The van der Waals surface area contributed by atoms with Crippen molar-refractivity contribution in [3.63, 3.8) is 0 Å². The van der Waals surface area contributed by atoms with E-state index in [1.54, 1.807) is 18.2 Å². The monoisotopic (exact) mass is 441 g/mol. The van der Waals surface area contributed by atoms with Gasteiger partial charge >= 0.3 is 11.9 Å². The number of carboxylic acid groups (broad SMARTS) is 2. The van der Waals surface area contributed by atoms with Crippen LogP contribution in [0.15, 0.2) is 66.7 Å². The summed E-state index contributed by atoms with van der Waals surface area (Å²) in [5, 5.41) is 27.8. The van der Waals surface area contributed by atoms with E-state index in [2.05, 4.69) is 0 Å². The second-order valence-electron chi connectivity index (χ2n) is 6.67. The molecule has 3 aromatic carbocycles. The van der Waals surface area contributed by atoms with Crippen molar-refractivity contribution in [2.24, 2.45) is 0 Å². The van der Waals surface area contributed by atoms with Gasteiger partial charge in [0.25, 0.3) is 11.3 Å². The number of aryl methyl sites for hydroxylation is 1. The van der Waals surface area contributed by atoms with Gasteiger partial charge in [0.15, 0.2) is 0 Å². The van der Waals surface area contributed by atoms with Crippen molar-refractivity contribution in [1.29, 1.82) is 0 Å². The van der Waals surface area contributed by atoms with E-state index >= 15 is 0 Å². The molecule has 9 heteroatoms. The minimum Gasteiger partial charge on any atom is -0.507 e. The molecule has 8 nitrogen and oxygen atoms in total. The van der Waals surface area contributed by atoms with Crippen molar-refractivity contribution in [2.45, 2.75) is 12.8 Å². The molecule has 4 N–H and O–H groups in total. The van der Waals surface area contributed by atoms with E-state index in [1.165, 1.54) is 6.07 Å². The van der Waals surface area contributed by atoms with E-state index in [0.717, 1.165) is 33.1 Å². The number of aromatic hydroxyl groups is 1. The highest BCUT2D eigenvalue weighted by atomic mass is 32.2. The van der Waals surface area contributed by atoms with E-state index < -0.39 is 29.0 Å². The number of anilines is 2. The fourth-order valence-electron chi connectivity index (χ4n) is 3.08. The van der Waals surface area contributed by atoms with Crippen molar-refractivity contribution < 1.29 is 33.7 Å². The third kappa shape index (κ3) is 5.27. The molecule has 0 spiro atoms. The number of carboxylic acids is 2. The zero-order chi connectivity index (χ0) is 22.5. The van der Waals surface area contributed by atoms with Crippen molar-refractivity contribution in [1.82, 2.24) is 0 Å². The first-order valence-corrected chi connectivity index (χ1v) is 10.2. The molecule has 0 saturated carbocycles. The van der Waals surface area contributed by atoms with Crippen LogP contribution in [-0.2, 0) is 22.5 Å². The van der Waals surface area contributed by atoms with Crippen molar-refractivity contribution >= 4 is 34.6 Å². The predicted molar refractivity (Wildman–Crippen MR) is 116 cm³/mol. The molecule has 3 rings (SSSR count). The van der Waals surface area contributed by atoms with Crippen LogP contribution < -0.4 is 4.31 Å². The summed E-state index contributed by atoms with van der Waals surface area (Å²) in [4.78, 5) is 21.8. The summed E-state index contributed by atoms with van der Waals surface area (Å²) in [6.07, 6.45) is 0.461. The second-order valence-corrected chi connectivity index (χ2v) is 7.50. The number of hydrogen-bond donors (Lipinski definition) is 4. The fourth-order valence-corrected chi connectivity index (χ4v) is 3.67. The summed E-state index contributed by atoms with van der Waals surface area (Å²) < 4.78 is 22.9. The minimum absolute atomic E-state index is 0.0413. The van der Waals surface area contributed by atoms with Gasteiger partial charge in [-0.05, 0) is 47.4 Å². The minimum atomic E-state index is -2.49. The van der Waals surface area contributed by atoms with Gasteiger partial charge in [0.2, 0.25) is 0 Å². The van der Waals surface area contributed by atoms with E-state index in [4.69, 9.17) is 10.2 Å². The van der Waals surface area contributed by atoms with E-state index in [1.807, 2.05) is 30.3 Å². The van der Waals surface area contributed by atoms with Crippen LogP contribution in [0.5, 0.6) is 5.75 Å². The Labute approximate surface area is 180 Å². The Morgan fingerprint density at radius 3 is 2.13 bits per heavy atom. The number of nitrogens with zero attached hydrogens (tertiary/aromatic N) is 1. The maximum absolute atomic E-state index is 12.0. The Morgan fingerprint density at radius 1 is 0.871 bits per heavy atom. The maximum Gasteiger partial charge on any atom is 0.339 e. The summed E-state index contributed by atoms with van der Waals surface area (Å²) in [5.74, 6) is -2.70. The van der Waals surface area contributed by atoms with Crippen molar-refractivity contribution in [3.05, 3.63) is 77.9 Å². The number of aliphatic carboxylic acids is 1. The molecule has 1 unspecified atom stereocenters. The Kier molecular flexibility index (Phi) is 6.68. The smallest absolute Gasteiger partial charge is 0.339 e. The molecular formula is C22H19NO7S. The van der Waals surface area contributed by atoms with Crippen LogP contribution in [-0.4, -0.2) is 36.0 Å². The van der Waals surface area contributed by atoms with Crippen LogP contribution in [0.1, 0.15) is 22.3 Å². The topological polar surface area (TPSA) is 135 Å². The third-order valence-corrected chi connectivity index (χ3v) is 5.33. The van der Waals surface area contributed by atoms with Crippen LogP contribution in [0.3, 0.4) is 0 Å². The lowest BCUT2D eigenvalue weighted by Crippen LogP contribution is -2.19. The fraction of sp³-hybridized carbons (Fsp3) is 0.0909. The normalized spacial score (nSPS) is 11.6. The highest BCUT2D eigenvalue weighted by molar-refractivity contribution is 7.81. The molecule has 31 heavy (non-hydrogen) atoms. The highest BCUT2D eigenvalue weighted by Gasteiger charge is 2.19. The Morgan fingerprint density at radius 2 is 1.55 bits per heavy atom. The molecule has 0 radical (unpaired) electrons. The Hall–Kier alpha value is -3.69. The molecule has 0 amide bonds. The van der Waals surface area contributed by atoms with Crippen LogP contribution >= 0.6 is 0 Å². The molecular weight excluding hydrogens is 422 g/mol. The first-order chi connectivity index (χ1) is 14.8. The average Bonchev–Trinajstić information content (AvgIpc) is 2.72. The number of benzene rings is 3. The van der Waals surface area contributed by atoms with Gasteiger partial charge in [0.05, 0.1) is 11.4 Å². The summed E-state index contributed by atoms with van der Waals surface area (Å²) >= 11 is -2.49. The predicted octanol–water partition coefficient (Wildman–Crippen LogP) is 4.05. The molecule has 1 atom stereocenters. The maximum atomic E-state index is 12.0. The first-order valence-electron chi connectivity index (χ1n) is 9.15. The van der Waals surface area contributed by atoms with Gasteiger partial charge in [-0.15, -0.1) is 0 Å². The zero-order valence-electron chi connectivity index (χ0n) is 16.1. The number of rotatable bonds is 8. The van der Waals surface area contributed by atoms with E-state index in [9.17, 15) is 23.5 Å². The van der Waals surface area contributed by atoms with Crippen molar-refractivity contribution in [2.75, 3.05) is 4.31 Å². The summed E-state index contributed by atoms with van der Waals surface area (Å²) in [6.45, 7) is 0. The van der Waals surface area contributed by atoms with Gasteiger partial charge in [0.1, 0.15) is 11.3 Å². The second kappa shape index (κ2) is 9.41. The van der Waals surface area contributed by atoms with E-state index in [0.29, 0.717) is 12.1 Å².